The van der Waals surface area contributed by atoms with Crippen LogP contribution in [-0.2, 0) is 0 Å². The molecule has 1 aliphatic heterocycles. The van der Waals surface area contributed by atoms with Gasteiger partial charge in [0.05, 0.1) is 0 Å². The number of hydrogen-bond donors (Lipinski definition) is 0. The summed E-state index contributed by atoms with van der Waals surface area (Å²) in [5.74, 6) is 0.727. The lowest BCUT2D eigenvalue weighted by Crippen LogP contribution is -2.37. The van der Waals surface area contributed by atoms with Crippen molar-refractivity contribution in [1.29, 1.82) is 5.26 Å². The molecule has 0 aromatic heterocycles. The first-order chi connectivity index (χ1) is 6.27. The number of thioether (sulfide) groups is 1. The van der Waals surface area contributed by atoms with E-state index >= 15 is 0 Å². The first-order valence-electron chi connectivity index (χ1n) is 4.53. The fourth-order valence-electron chi connectivity index (χ4n) is 1.65. The van der Waals surface area contributed by atoms with E-state index in [0.717, 1.165) is 24.2 Å². The van der Waals surface area contributed by atoms with E-state index in [1.54, 1.807) is 11.8 Å². The molecular formula is C9H15N3S. The molecule has 0 amide bonds. The van der Waals surface area contributed by atoms with Gasteiger partial charge in [-0.3, -0.25) is 0 Å². The van der Waals surface area contributed by atoms with Crippen LogP contribution in [0.2, 0.25) is 0 Å². The van der Waals surface area contributed by atoms with Gasteiger partial charge in [0, 0.05) is 13.1 Å². The second-order valence-electron chi connectivity index (χ2n) is 3.39. The summed E-state index contributed by atoms with van der Waals surface area (Å²) in [5.41, 5.74) is 0. The van der Waals surface area contributed by atoms with Crippen molar-refractivity contribution in [1.82, 2.24) is 4.90 Å². The Morgan fingerprint density at radius 3 is 3.00 bits per heavy atom. The lowest BCUT2D eigenvalue weighted by Gasteiger charge is -2.32. The topological polar surface area (TPSA) is 39.4 Å². The summed E-state index contributed by atoms with van der Waals surface area (Å²) in [6.45, 7) is 4.34. The van der Waals surface area contributed by atoms with Gasteiger partial charge in [0.25, 0.3) is 0 Å². The Hall–Kier alpha value is -0.690. The number of nitriles is 1. The van der Waals surface area contributed by atoms with Crippen LogP contribution in [0.1, 0.15) is 19.8 Å². The normalized spacial score (nSPS) is 24.2. The Kier molecular flexibility index (Phi) is 4.10. The zero-order valence-corrected chi connectivity index (χ0v) is 8.97. The molecule has 0 spiro atoms. The van der Waals surface area contributed by atoms with Crippen LogP contribution in [-0.4, -0.2) is 29.4 Å². The molecule has 1 heterocycles. The number of rotatable bonds is 0. The van der Waals surface area contributed by atoms with Crippen LogP contribution in [0.15, 0.2) is 4.99 Å². The smallest absolute Gasteiger partial charge is 0.208 e. The highest BCUT2D eigenvalue weighted by Crippen LogP contribution is 2.18. The van der Waals surface area contributed by atoms with Crippen molar-refractivity contribution in [3.8, 4) is 6.19 Å². The SMILES string of the molecule is CSC(=NC#N)N1CCCC(C)C1. The number of aliphatic imine (C=N–C) groups is 1. The standard InChI is InChI=1S/C9H15N3S/c1-8-4-3-5-12(6-8)9(13-2)11-7-10/h8H,3-6H2,1-2H3. The Balaban J connectivity index is 2.59. The summed E-state index contributed by atoms with van der Waals surface area (Å²) in [5, 5.41) is 9.36. The summed E-state index contributed by atoms with van der Waals surface area (Å²) in [6, 6.07) is 0. The first-order valence-corrected chi connectivity index (χ1v) is 5.76. The van der Waals surface area contributed by atoms with Crippen molar-refractivity contribution in [3.05, 3.63) is 0 Å². The molecule has 13 heavy (non-hydrogen) atoms. The Morgan fingerprint density at radius 2 is 2.46 bits per heavy atom. The lowest BCUT2D eigenvalue weighted by atomic mass is 10.0. The summed E-state index contributed by atoms with van der Waals surface area (Å²) < 4.78 is 0. The third-order valence-corrected chi connectivity index (χ3v) is 2.97. The molecule has 0 radical (unpaired) electrons. The number of nitrogens with zero attached hydrogens (tertiary/aromatic N) is 3. The number of piperidine rings is 1. The van der Waals surface area contributed by atoms with Gasteiger partial charge in [-0.2, -0.15) is 5.26 Å². The maximum Gasteiger partial charge on any atom is 0.208 e. The Bertz CT molecular complexity index is 232. The maximum absolute atomic E-state index is 8.49. The molecular weight excluding hydrogens is 182 g/mol. The van der Waals surface area contributed by atoms with E-state index in [4.69, 9.17) is 5.26 Å². The molecule has 0 N–H and O–H groups in total. The second kappa shape index (κ2) is 5.13. The largest absolute Gasteiger partial charge is 0.350 e. The molecule has 1 unspecified atom stereocenters. The van der Waals surface area contributed by atoms with Crippen LogP contribution in [0, 0.1) is 17.4 Å². The summed E-state index contributed by atoms with van der Waals surface area (Å²) in [4.78, 5) is 6.02. The average molecular weight is 197 g/mol. The van der Waals surface area contributed by atoms with E-state index in [2.05, 4.69) is 16.8 Å². The molecule has 1 saturated heterocycles. The minimum absolute atomic E-state index is 0.727. The van der Waals surface area contributed by atoms with Crippen LogP contribution in [0.3, 0.4) is 0 Å². The third kappa shape index (κ3) is 2.92. The number of likely N-dealkylation sites (tertiary alicyclic amines) is 1. The lowest BCUT2D eigenvalue weighted by molar-refractivity contribution is 0.277. The average Bonchev–Trinajstić information content (AvgIpc) is 2.14. The Morgan fingerprint density at radius 1 is 1.69 bits per heavy atom. The van der Waals surface area contributed by atoms with Gasteiger partial charge in [0.2, 0.25) is 6.19 Å². The first kappa shape index (κ1) is 10.4. The van der Waals surface area contributed by atoms with E-state index in [-0.39, 0.29) is 0 Å². The van der Waals surface area contributed by atoms with E-state index < -0.39 is 0 Å². The molecule has 0 aromatic rings. The van der Waals surface area contributed by atoms with Crippen molar-refractivity contribution in [2.75, 3.05) is 19.3 Å². The highest BCUT2D eigenvalue weighted by Gasteiger charge is 2.18. The number of amidine groups is 1. The number of hydrogen-bond acceptors (Lipinski definition) is 3. The molecule has 0 aromatic carbocycles. The van der Waals surface area contributed by atoms with Crippen molar-refractivity contribution in [2.45, 2.75) is 19.8 Å². The van der Waals surface area contributed by atoms with Gasteiger partial charge in [-0.05, 0) is 25.0 Å². The third-order valence-electron chi connectivity index (χ3n) is 2.26. The highest BCUT2D eigenvalue weighted by molar-refractivity contribution is 8.13. The molecule has 3 nitrogen and oxygen atoms in total. The van der Waals surface area contributed by atoms with E-state index in [1.165, 1.54) is 12.8 Å². The highest BCUT2D eigenvalue weighted by atomic mass is 32.2. The minimum Gasteiger partial charge on any atom is -0.350 e. The van der Waals surface area contributed by atoms with Gasteiger partial charge in [0.1, 0.15) is 0 Å². The van der Waals surface area contributed by atoms with Crippen molar-refractivity contribution in [3.63, 3.8) is 0 Å². The van der Waals surface area contributed by atoms with Gasteiger partial charge in [-0.1, -0.05) is 18.7 Å². The molecule has 0 saturated carbocycles. The fraction of sp³-hybridized carbons (Fsp3) is 0.778. The van der Waals surface area contributed by atoms with E-state index in [1.807, 2.05) is 12.4 Å². The molecule has 0 bridgehead atoms. The van der Waals surface area contributed by atoms with Crippen molar-refractivity contribution >= 4 is 16.9 Å². The van der Waals surface area contributed by atoms with Crippen molar-refractivity contribution in [2.24, 2.45) is 10.9 Å². The van der Waals surface area contributed by atoms with Gasteiger partial charge in [-0.25, -0.2) is 0 Å². The maximum atomic E-state index is 8.49. The summed E-state index contributed by atoms with van der Waals surface area (Å²) in [7, 11) is 0. The van der Waals surface area contributed by atoms with Gasteiger partial charge in [-0.15, -0.1) is 4.99 Å². The monoisotopic (exact) mass is 197 g/mol. The molecule has 1 atom stereocenters. The van der Waals surface area contributed by atoms with Crippen LogP contribution in [0.25, 0.3) is 0 Å². The fourth-order valence-corrected chi connectivity index (χ4v) is 2.21. The van der Waals surface area contributed by atoms with Crippen LogP contribution >= 0.6 is 11.8 Å². The van der Waals surface area contributed by atoms with E-state index in [9.17, 15) is 0 Å². The quantitative estimate of drug-likeness (QED) is 0.338. The minimum atomic E-state index is 0.727. The van der Waals surface area contributed by atoms with Crippen LogP contribution < -0.4 is 0 Å². The second-order valence-corrected chi connectivity index (χ2v) is 4.17. The van der Waals surface area contributed by atoms with Gasteiger partial charge < -0.3 is 4.90 Å². The predicted octanol–water partition coefficient (Wildman–Crippen LogP) is 1.92. The zero-order valence-electron chi connectivity index (χ0n) is 8.16. The molecule has 4 heteroatoms. The Labute approximate surface area is 83.8 Å². The van der Waals surface area contributed by atoms with Crippen LogP contribution in [0.5, 0.6) is 0 Å². The van der Waals surface area contributed by atoms with Crippen molar-refractivity contribution < 1.29 is 0 Å². The summed E-state index contributed by atoms with van der Waals surface area (Å²) in [6.07, 6.45) is 6.33. The molecule has 1 aliphatic rings. The van der Waals surface area contributed by atoms with Crippen LogP contribution in [0.4, 0.5) is 0 Å². The van der Waals surface area contributed by atoms with Gasteiger partial charge >= 0.3 is 0 Å². The molecule has 1 rings (SSSR count). The molecule has 72 valence electrons. The zero-order chi connectivity index (χ0) is 9.68. The van der Waals surface area contributed by atoms with E-state index in [0.29, 0.717) is 0 Å². The molecule has 1 fully saturated rings. The predicted molar refractivity (Wildman–Crippen MR) is 56.5 cm³/mol. The molecule has 0 aliphatic carbocycles. The van der Waals surface area contributed by atoms with Gasteiger partial charge in [0.15, 0.2) is 5.17 Å². The summed E-state index contributed by atoms with van der Waals surface area (Å²) >= 11 is 1.56.